The predicted octanol–water partition coefficient (Wildman–Crippen LogP) is 1.41. The van der Waals surface area contributed by atoms with Crippen LogP contribution >= 0.6 is 0 Å². The van der Waals surface area contributed by atoms with E-state index in [-0.39, 0.29) is 18.1 Å². The average molecular weight is 344 g/mol. The number of carbonyl (C=O) groups is 1. The van der Waals surface area contributed by atoms with E-state index in [1.165, 1.54) is 0 Å². The fraction of sp³-hybridized carbons (Fsp3) is 0.500. The molecule has 1 fully saturated rings. The van der Waals surface area contributed by atoms with Crippen LogP contribution in [0.5, 0.6) is 5.75 Å². The summed E-state index contributed by atoms with van der Waals surface area (Å²) in [6.07, 6.45) is 7.14. The Morgan fingerprint density at radius 2 is 2.32 bits per heavy atom. The van der Waals surface area contributed by atoms with E-state index in [0.29, 0.717) is 31.8 Å². The number of aromatic nitrogens is 3. The molecule has 3 heterocycles. The summed E-state index contributed by atoms with van der Waals surface area (Å²) in [6, 6.07) is 3.66. The Morgan fingerprint density at radius 3 is 3.04 bits per heavy atom. The topological polar surface area (TPSA) is 78.3 Å². The van der Waals surface area contributed by atoms with E-state index in [9.17, 15) is 4.79 Å². The van der Waals surface area contributed by atoms with Gasteiger partial charge in [-0.25, -0.2) is 0 Å². The zero-order valence-corrected chi connectivity index (χ0v) is 14.6. The molecule has 1 aliphatic heterocycles. The summed E-state index contributed by atoms with van der Waals surface area (Å²) < 4.78 is 13.3. The molecule has 3 rings (SSSR count). The molecular weight excluding hydrogens is 320 g/mol. The highest BCUT2D eigenvalue weighted by Crippen LogP contribution is 2.18. The lowest BCUT2D eigenvalue weighted by Crippen LogP contribution is -2.51. The van der Waals surface area contributed by atoms with Crippen LogP contribution in [0.25, 0.3) is 0 Å². The third-order valence-electron chi connectivity index (χ3n) is 4.21. The number of ether oxygens (including phenoxy) is 2. The molecule has 0 saturated carbocycles. The van der Waals surface area contributed by atoms with Gasteiger partial charge in [0.2, 0.25) is 5.91 Å². The first kappa shape index (κ1) is 17.4. The quantitative estimate of drug-likeness (QED) is 0.857. The molecule has 0 bridgehead atoms. The Morgan fingerprint density at radius 1 is 1.44 bits per heavy atom. The maximum atomic E-state index is 12.3. The Bertz CT molecular complexity index is 699. The van der Waals surface area contributed by atoms with E-state index in [1.54, 1.807) is 17.1 Å². The maximum Gasteiger partial charge on any atom is 0.220 e. The van der Waals surface area contributed by atoms with Crippen LogP contribution in [0, 0.1) is 6.92 Å². The second-order valence-corrected chi connectivity index (χ2v) is 6.35. The van der Waals surface area contributed by atoms with Crippen molar-refractivity contribution < 1.29 is 14.3 Å². The molecule has 1 N–H and O–H groups in total. The molecule has 1 aliphatic rings. The van der Waals surface area contributed by atoms with E-state index in [0.717, 1.165) is 17.7 Å². The Balaban J connectivity index is 1.53. The van der Waals surface area contributed by atoms with Gasteiger partial charge in [0.05, 0.1) is 31.6 Å². The molecule has 7 heteroatoms. The van der Waals surface area contributed by atoms with Gasteiger partial charge in [-0.1, -0.05) is 0 Å². The second kappa shape index (κ2) is 8.11. The summed E-state index contributed by atoms with van der Waals surface area (Å²) >= 11 is 0. The number of hydrogen-bond acceptors (Lipinski definition) is 5. The highest BCUT2D eigenvalue weighted by molar-refractivity contribution is 5.76. The summed E-state index contributed by atoms with van der Waals surface area (Å²) in [7, 11) is 1.87. The van der Waals surface area contributed by atoms with Crippen LogP contribution in [0.3, 0.4) is 0 Å². The number of aryl methyl sites for hydroxylation is 3. The summed E-state index contributed by atoms with van der Waals surface area (Å²) in [5, 5.41) is 7.16. The normalized spacial score (nSPS) is 20.2. The van der Waals surface area contributed by atoms with Gasteiger partial charge in [-0.3, -0.25) is 14.5 Å². The molecule has 1 amide bonds. The third-order valence-corrected chi connectivity index (χ3v) is 4.21. The molecule has 7 nitrogen and oxygen atoms in total. The van der Waals surface area contributed by atoms with Crippen molar-refractivity contribution in [1.82, 2.24) is 20.1 Å². The maximum absolute atomic E-state index is 12.3. The van der Waals surface area contributed by atoms with Crippen LogP contribution < -0.4 is 10.1 Å². The predicted molar refractivity (Wildman–Crippen MR) is 92.3 cm³/mol. The average Bonchev–Trinajstić information content (AvgIpc) is 3.02. The molecular formula is C18H24N4O3. The molecule has 2 aromatic heterocycles. The molecule has 0 unspecified atom stereocenters. The van der Waals surface area contributed by atoms with E-state index >= 15 is 0 Å². The van der Waals surface area contributed by atoms with Gasteiger partial charge in [0.15, 0.2) is 0 Å². The molecule has 1 saturated heterocycles. The summed E-state index contributed by atoms with van der Waals surface area (Å²) in [6.45, 7) is 3.03. The first-order valence-electron chi connectivity index (χ1n) is 8.54. The van der Waals surface area contributed by atoms with Crippen molar-refractivity contribution >= 4 is 5.91 Å². The number of nitrogens with one attached hydrogen (secondary N) is 1. The molecule has 0 aromatic carbocycles. The highest BCUT2D eigenvalue weighted by Gasteiger charge is 2.29. The van der Waals surface area contributed by atoms with Crippen LogP contribution in [-0.4, -0.2) is 46.0 Å². The summed E-state index contributed by atoms with van der Waals surface area (Å²) in [5.74, 6) is 0.710. The molecule has 25 heavy (non-hydrogen) atoms. The second-order valence-electron chi connectivity index (χ2n) is 6.35. The lowest BCUT2D eigenvalue weighted by Gasteiger charge is -2.32. The van der Waals surface area contributed by atoms with Crippen molar-refractivity contribution in [3.8, 4) is 5.75 Å². The number of rotatable bonds is 6. The summed E-state index contributed by atoms with van der Waals surface area (Å²) in [4.78, 5) is 16.5. The zero-order chi connectivity index (χ0) is 17.6. The molecule has 0 aliphatic carbocycles. The molecule has 2 atom stereocenters. The van der Waals surface area contributed by atoms with Crippen LogP contribution in [-0.2, 0) is 23.0 Å². The van der Waals surface area contributed by atoms with Crippen LogP contribution in [0.15, 0.2) is 30.7 Å². The number of pyridine rings is 1. The number of amides is 1. The van der Waals surface area contributed by atoms with E-state index in [2.05, 4.69) is 15.4 Å². The lowest BCUT2D eigenvalue weighted by atomic mass is 10.1. The van der Waals surface area contributed by atoms with Gasteiger partial charge >= 0.3 is 0 Å². The van der Waals surface area contributed by atoms with Crippen molar-refractivity contribution in [1.29, 1.82) is 0 Å². The first-order chi connectivity index (χ1) is 12.1. The van der Waals surface area contributed by atoms with Gasteiger partial charge in [0.25, 0.3) is 0 Å². The van der Waals surface area contributed by atoms with Gasteiger partial charge in [0, 0.05) is 31.8 Å². The van der Waals surface area contributed by atoms with E-state index < -0.39 is 0 Å². The Labute approximate surface area is 147 Å². The molecule has 134 valence electrons. The van der Waals surface area contributed by atoms with Gasteiger partial charge in [-0.15, -0.1) is 0 Å². The fourth-order valence-electron chi connectivity index (χ4n) is 2.83. The first-order valence-corrected chi connectivity index (χ1v) is 8.54. The molecule has 2 aromatic rings. The van der Waals surface area contributed by atoms with Crippen LogP contribution in [0.1, 0.15) is 24.1 Å². The Hall–Kier alpha value is -2.41. The van der Waals surface area contributed by atoms with E-state index in [1.807, 2.05) is 32.3 Å². The van der Waals surface area contributed by atoms with Crippen LogP contribution in [0.2, 0.25) is 0 Å². The largest absolute Gasteiger partial charge is 0.486 e. The zero-order valence-electron chi connectivity index (χ0n) is 14.6. The number of hydrogen-bond donors (Lipinski definition) is 1. The minimum absolute atomic E-state index is 0.00464. The van der Waals surface area contributed by atoms with E-state index in [4.69, 9.17) is 9.47 Å². The minimum atomic E-state index is -0.156. The highest BCUT2D eigenvalue weighted by atomic mass is 16.5. The minimum Gasteiger partial charge on any atom is -0.486 e. The van der Waals surface area contributed by atoms with Gasteiger partial charge < -0.3 is 14.8 Å². The van der Waals surface area contributed by atoms with Crippen molar-refractivity contribution in [2.24, 2.45) is 7.05 Å². The van der Waals surface area contributed by atoms with Crippen LogP contribution in [0.4, 0.5) is 0 Å². The molecule has 0 radical (unpaired) electrons. The van der Waals surface area contributed by atoms with Gasteiger partial charge in [-0.05, 0) is 31.0 Å². The fourth-order valence-corrected chi connectivity index (χ4v) is 2.83. The van der Waals surface area contributed by atoms with Crippen molar-refractivity contribution in [2.45, 2.75) is 38.3 Å². The van der Waals surface area contributed by atoms with Gasteiger partial charge in [-0.2, -0.15) is 5.10 Å². The monoisotopic (exact) mass is 344 g/mol. The standard InChI is InChI=1S/C18H24N4O3/c1-13-3-5-15(10-19-13)25-17-7-8-24-12-16(17)21-18(23)6-4-14-9-20-22(2)11-14/h3,5,9-11,16-17H,4,6-8,12H2,1-2H3,(H,21,23)/t16-,17+/m1/s1. The van der Waals surface area contributed by atoms with Crippen molar-refractivity contribution in [2.75, 3.05) is 13.2 Å². The Kier molecular flexibility index (Phi) is 5.65. The lowest BCUT2D eigenvalue weighted by molar-refractivity contribution is -0.124. The smallest absolute Gasteiger partial charge is 0.220 e. The van der Waals surface area contributed by atoms with Crippen molar-refractivity contribution in [3.05, 3.63) is 42.0 Å². The summed E-state index contributed by atoms with van der Waals surface area (Å²) in [5.41, 5.74) is 2.00. The van der Waals surface area contributed by atoms with Gasteiger partial charge in [0.1, 0.15) is 11.9 Å². The van der Waals surface area contributed by atoms with Crippen molar-refractivity contribution in [3.63, 3.8) is 0 Å². The SMILES string of the molecule is Cc1ccc(O[C@H]2CCOC[C@H]2NC(=O)CCc2cnn(C)c2)cn1. The number of nitrogens with zero attached hydrogens (tertiary/aromatic N) is 3. The number of carbonyl (C=O) groups excluding carboxylic acids is 1. The third kappa shape index (κ3) is 5.03. The molecule has 0 spiro atoms.